The molecule has 0 amide bonds. The number of benzene rings is 6. The van der Waals surface area contributed by atoms with Crippen LogP contribution in [0.2, 0.25) is 0 Å². The van der Waals surface area contributed by atoms with Gasteiger partial charge in [0.05, 0.1) is 45.0 Å². The van der Waals surface area contributed by atoms with Gasteiger partial charge in [0.15, 0.2) is 5.75 Å². The molecule has 0 N–H and O–H groups in total. The Balaban J connectivity index is 1.14. The molecule has 0 unspecified atom stereocenters. The Bertz CT molecular complexity index is 2590. The Hall–Kier alpha value is -6.53. The van der Waals surface area contributed by atoms with Crippen LogP contribution in [0.5, 0.6) is 17.2 Å². The van der Waals surface area contributed by atoms with Gasteiger partial charge in [-0.3, -0.25) is 0 Å². The van der Waals surface area contributed by atoms with Crippen LogP contribution in [0, 0.1) is 0 Å². The molecule has 1 fully saturated rings. The van der Waals surface area contributed by atoms with Crippen LogP contribution in [0.3, 0.4) is 0 Å². The second-order valence-electron chi connectivity index (χ2n) is 15.9. The molecule has 6 aromatic carbocycles. The lowest BCUT2D eigenvalue weighted by Crippen LogP contribution is -2.62. The first kappa shape index (κ1) is 46.0. The van der Waals surface area contributed by atoms with Crippen LogP contribution in [0.4, 0.5) is 0 Å². The average Bonchev–Trinajstić information content (AvgIpc) is 3.36. The molecule has 7 aromatic rings. The van der Waals surface area contributed by atoms with E-state index >= 15 is 0 Å². The van der Waals surface area contributed by atoms with Crippen LogP contribution < -0.4 is 19.8 Å². The summed E-state index contributed by atoms with van der Waals surface area (Å²) < 4.78 is 59.0. The first-order valence-corrected chi connectivity index (χ1v) is 22.6. The van der Waals surface area contributed by atoms with E-state index in [1.54, 1.807) is 18.2 Å². The van der Waals surface area contributed by atoms with E-state index in [1.165, 1.54) is 0 Å². The van der Waals surface area contributed by atoms with Crippen molar-refractivity contribution in [2.75, 3.05) is 13.2 Å². The third kappa shape index (κ3) is 12.8. The summed E-state index contributed by atoms with van der Waals surface area (Å²) in [5, 5.41) is 0.545. The Morgan fingerprint density at radius 1 is 0.530 bits per heavy atom. The van der Waals surface area contributed by atoms with Gasteiger partial charge in [0, 0.05) is 6.07 Å². The van der Waals surface area contributed by atoms with Gasteiger partial charge in [0.2, 0.25) is 12.0 Å². The Morgan fingerprint density at radius 2 is 1.05 bits per heavy atom. The van der Waals surface area contributed by atoms with Crippen molar-refractivity contribution in [2.24, 2.45) is 0 Å². The summed E-state index contributed by atoms with van der Waals surface area (Å²) in [6.07, 6.45) is 1.75. The minimum Gasteiger partial charge on any atom is -0.484 e. The molecule has 1 saturated heterocycles. The van der Waals surface area contributed by atoms with E-state index in [9.17, 15) is 4.79 Å². The van der Waals surface area contributed by atoms with Crippen LogP contribution in [-0.2, 0) is 56.7 Å². The average molecular weight is 889 g/mol. The molecule has 10 heteroatoms. The standard InChI is InChI=1S/C56H56O10/c1-2-3-4-20-33-59-53-50(60-36-42-23-12-6-13-24-42)47-32-31-46(34-48(47)65-55(53)57)64-56-54(63-39-45-29-18-9-19-30-45)52(62-38-44-27-16-8-17-28-44)51(61-37-43-25-14-7-15-26-43)49(66-56)40-58-35-41-21-10-5-11-22-41/h3-19,21-32,34,49,51-52,54,56H,2,20,33,35-40H2,1H3/b4-3+/t49-,51-,52+,54-,56-/m1/s1. The predicted octanol–water partition coefficient (Wildman–Crippen LogP) is 11.2. The van der Waals surface area contributed by atoms with Gasteiger partial charge in [-0.05, 0) is 52.8 Å². The maximum Gasteiger partial charge on any atom is 0.383 e. The monoisotopic (exact) mass is 888 g/mol. The fraction of sp³-hybridized carbons (Fsp3) is 0.268. The highest BCUT2D eigenvalue weighted by Crippen LogP contribution is 2.37. The Kier molecular flexibility index (Phi) is 16.8. The smallest absolute Gasteiger partial charge is 0.383 e. The summed E-state index contributed by atoms with van der Waals surface area (Å²) in [5.41, 5.74) is 4.49. The number of rotatable bonds is 23. The highest BCUT2D eigenvalue weighted by Gasteiger charge is 2.50. The van der Waals surface area contributed by atoms with Crippen LogP contribution in [0.25, 0.3) is 11.0 Å². The second-order valence-corrected chi connectivity index (χ2v) is 15.9. The molecule has 8 rings (SSSR count). The molecular formula is C56H56O10. The predicted molar refractivity (Wildman–Crippen MR) is 253 cm³/mol. The molecule has 1 aliphatic heterocycles. The second kappa shape index (κ2) is 24.1. The number of hydrogen-bond acceptors (Lipinski definition) is 10. The van der Waals surface area contributed by atoms with Crippen molar-refractivity contribution in [1.29, 1.82) is 0 Å². The van der Waals surface area contributed by atoms with Gasteiger partial charge in [-0.1, -0.05) is 171 Å². The van der Waals surface area contributed by atoms with E-state index in [0.717, 1.165) is 34.2 Å². The van der Waals surface area contributed by atoms with Gasteiger partial charge in [-0.2, -0.15) is 0 Å². The van der Waals surface area contributed by atoms with E-state index in [0.29, 0.717) is 30.8 Å². The van der Waals surface area contributed by atoms with Crippen LogP contribution in [0.15, 0.2) is 191 Å². The van der Waals surface area contributed by atoms with Gasteiger partial charge in [0.1, 0.15) is 42.4 Å². The van der Waals surface area contributed by atoms with Crippen LogP contribution in [0.1, 0.15) is 47.6 Å². The molecule has 10 nitrogen and oxygen atoms in total. The van der Waals surface area contributed by atoms with Crippen LogP contribution in [-0.4, -0.2) is 43.9 Å². The third-order valence-electron chi connectivity index (χ3n) is 11.0. The molecule has 340 valence electrons. The summed E-state index contributed by atoms with van der Waals surface area (Å²) in [7, 11) is 0. The molecule has 2 heterocycles. The van der Waals surface area contributed by atoms with Gasteiger partial charge in [-0.15, -0.1) is 0 Å². The molecule has 5 atom stereocenters. The van der Waals surface area contributed by atoms with Crippen molar-refractivity contribution in [3.05, 3.63) is 220 Å². The van der Waals surface area contributed by atoms with Gasteiger partial charge >= 0.3 is 5.63 Å². The van der Waals surface area contributed by atoms with Crippen LogP contribution >= 0.6 is 0 Å². The highest BCUT2D eigenvalue weighted by molar-refractivity contribution is 5.86. The summed E-state index contributed by atoms with van der Waals surface area (Å²) in [5.74, 6) is 0.670. The first-order chi connectivity index (χ1) is 32.6. The molecule has 0 bridgehead atoms. The van der Waals surface area contributed by atoms with E-state index < -0.39 is 36.3 Å². The fourth-order valence-corrected chi connectivity index (χ4v) is 7.70. The Labute approximate surface area is 386 Å². The number of hydrogen-bond donors (Lipinski definition) is 0. The molecular weight excluding hydrogens is 833 g/mol. The molecule has 0 aliphatic carbocycles. The third-order valence-corrected chi connectivity index (χ3v) is 11.0. The van der Waals surface area contributed by atoms with Crippen molar-refractivity contribution in [2.45, 2.75) is 83.5 Å². The number of ether oxygens (including phenoxy) is 8. The Morgan fingerprint density at radius 3 is 1.61 bits per heavy atom. The molecule has 1 aliphatic rings. The quantitative estimate of drug-likeness (QED) is 0.0350. The molecule has 0 radical (unpaired) electrons. The normalized spacial score (nSPS) is 18.3. The molecule has 0 spiro atoms. The van der Waals surface area contributed by atoms with Crippen molar-refractivity contribution in [1.82, 2.24) is 0 Å². The highest BCUT2D eigenvalue weighted by atomic mass is 16.7. The van der Waals surface area contributed by atoms with E-state index in [-0.39, 0.29) is 50.1 Å². The lowest BCUT2D eigenvalue weighted by atomic mass is 9.97. The largest absolute Gasteiger partial charge is 0.484 e. The zero-order chi connectivity index (χ0) is 45.2. The summed E-state index contributed by atoms with van der Waals surface area (Å²) in [6.45, 7) is 3.90. The van der Waals surface area contributed by atoms with E-state index in [1.807, 2.05) is 158 Å². The number of allylic oxidation sites excluding steroid dienone is 1. The van der Waals surface area contributed by atoms with Crippen molar-refractivity contribution in [3.63, 3.8) is 0 Å². The summed E-state index contributed by atoms with van der Waals surface area (Å²) in [4.78, 5) is 13.7. The van der Waals surface area contributed by atoms with Gasteiger partial charge in [-0.25, -0.2) is 4.79 Å². The zero-order valence-electron chi connectivity index (χ0n) is 37.2. The maximum absolute atomic E-state index is 13.7. The SMILES string of the molecule is CC/C=C/CCOc1c(OCc2ccccc2)c2ccc(O[C@@H]3O[C@H](COCc4ccccc4)[C@@H](OCc4ccccc4)[C@H](OCc4ccccc4)[C@H]3OCc3ccccc3)cc2oc1=O. The minimum atomic E-state index is -1.03. The zero-order valence-corrected chi connectivity index (χ0v) is 37.2. The summed E-state index contributed by atoms with van der Waals surface area (Å²) in [6, 6.07) is 54.9. The van der Waals surface area contributed by atoms with Crippen molar-refractivity contribution in [3.8, 4) is 17.2 Å². The van der Waals surface area contributed by atoms with Gasteiger partial charge in [0.25, 0.3) is 0 Å². The van der Waals surface area contributed by atoms with Crippen molar-refractivity contribution >= 4 is 11.0 Å². The summed E-state index contributed by atoms with van der Waals surface area (Å²) >= 11 is 0. The van der Waals surface area contributed by atoms with Gasteiger partial charge < -0.3 is 42.3 Å². The van der Waals surface area contributed by atoms with E-state index in [2.05, 4.69) is 13.0 Å². The molecule has 66 heavy (non-hydrogen) atoms. The lowest BCUT2D eigenvalue weighted by molar-refractivity contribution is -0.310. The first-order valence-electron chi connectivity index (χ1n) is 22.6. The number of fused-ring (bicyclic) bond motifs is 1. The van der Waals surface area contributed by atoms with Crippen molar-refractivity contribution < 1.29 is 42.3 Å². The molecule has 0 saturated carbocycles. The topological polar surface area (TPSA) is 104 Å². The molecule has 1 aromatic heterocycles. The maximum atomic E-state index is 13.7. The fourth-order valence-electron chi connectivity index (χ4n) is 7.70. The lowest BCUT2D eigenvalue weighted by Gasteiger charge is -2.45. The minimum absolute atomic E-state index is 0.0142. The van der Waals surface area contributed by atoms with E-state index in [4.69, 9.17) is 42.3 Å².